The first-order valence-corrected chi connectivity index (χ1v) is 12.9. The molecule has 0 aliphatic heterocycles. The second kappa shape index (κ2) is 12.6. The van der Waals surface area contributed by atoms with Gasteiger partial charge >= 0.3 is 0 Å². The van der Waals surface area contributed by atoms with Gasteiger partial charge in [0.2, 0.25) is 0 Å². The number of hydrogen-bond donors (Lipinski definition) is 0. The lowest BCUT2D eigenvalue weighted by molar-refractivity contribution is -0.0441. The lowest BCUT2D eigenvalue weighted by Gasteiger charge is -2.28. The third-order valence-corrected chi connectivity index (χ3v) is 11.0. The first-order valence-electron chi connectivity index (χ1n) is 9.65. The molecular formula is C24H28IO2PSi. The summed E-state index contributed by atoms with van der Waals surface area (Å²) in [5.41, 5.74) is 0. The molecule has 0 atom stereocenters. The zero-order valence-electron chi connectivity index (χ0n) is 17.0. The lowest BCUT2D eigenvalue weighted by Crippen LogP contribution is -3.00. The molecule has 0 fully saturated rings. The highest BCUT2D eigenvalue weighted by Crippen LogP contribution is 2.55. The summed E-state index contributed by atoms with van der Waals surface area (Å²) in [4.78, 5) is 0. The maximum Gasteiger partial charge on any atom is 0.136 e. The minimum atomic E-state index is -1.71. The summed E-state index contributed by atoms with van der Waals surface area (Å²) in [6, 6.07) is 34.3. The molecule has 0 N–H and O–H groups in total. The standard InChI is InChI=1S/C24H28O2PSi.HI/c1-25-24(26-2)28-20-12-19-27(21-13-6-3-7-14-21,22-15-8-4-9-16-22)23-17-10-5-11-18-23;/h3-11,13-18,24H,12,19-20H2,1-2H3;1H/q+1;/p-1. The first-order chi connectivity index (χ1) is 13.8. The highest BCUT2D eigenvalue weighted by atomic mass is 127. The topological polar surface area (TPSA) is 18.5 Å². The number of rotatable bonds is 10. The maximum atomic E-state index is 5.38. The van der Waals surface area contributed by atoms with E-state index in [2.05, 4.69) is 91.0 Å². The van der Waals surface area contributed by atoms with Crippen LogP contribution in [0, 0.1) is 0 Å². The zero-order chi connectivity index (χ0) is 19.7. The van der Waals surface area contributed by atoms with E-state index in [0.29, 0.717) is 9.52 Å². The van der Waals surface area contributed by atoms with Crippen molar-refractivity contribution in [3.05, 3.63) is 91.0 Å². The summed E-state index contributed by atoms with van der Waals surface area (Å²) < 4.78 is 10.8. The van der Waals surface area contributed by atoms with Crippen molar-refractivity contribution in [2.24, 2.45) is 0 Å². The molecule has 0 amide bonds. The summed E-state index contributed by atoms with van der Waals surface area (Å²) in [6.45, 7) is 0. The Labute approximate surface area is 195 Å². The van der Waals surface area contributed by atoms with Gasteiger partial charge < -0.3 is 33.5 Å². The molecule has 0 aromatic heterocycles. The lowest BCUT2D eigenvalue weighted by atomic mass is 10.4. The van der Waals surface area contributed by atoms with Gasteiger partial charge in [-0.3, -0.25) is 0 Å². The van der Waals surface area contributed by atoms with Gasteiger partial charge in [0.05, 0.1) is 6.16 Å². The molecule has 0 saturated heterocycles. The van der Waals surface area contributed by atoms with Gasteiger partial charge in [-0.2, -0.15) is 0 Å². The summed E-state index contributed by atoms with van der Waals surface area (Å²) in [5.74, 6) is -0.0853. The predicted octanol–water partition coefficient (Wildman–Crippen LogP) is 1.07. The third-order valence-electron chi connectivity index (χ3n) is 5.00. The Kier molecular flexibility index (Phi) is 10.5. The molecule has 5 heteroatoms. The second-order valence-electron chi connectivity index (χ2n) is 6.65. The summed E-state index contributed by atoms with van der Waals surface area (Å²) in [5, 5.41) is 4.35. The molecule has 2 radical (unpaired) electrons. The van der Waals surface area contributed by atoms with Crippen molar-refractivity contribution >= 4 is 32.7 Å². The van der Waals surface area contributed by atoms with E-state index in [1.54, 1.807) is 14.2 Å². The summed E-state index contributed by atoms with van der Waals surface area (Å²) in [6.07, 6.45) is 2.30. The van der Waals surface area contributed by atoms with Gasteiger partial charge in [-0.05, 0) is 42.8 Å². The van der Waals surface area contributed by atoms with Crippen LogP contribution < -0.4 is 39.9 Å². The maximum absolute atomic E-state index is 5.38. The van der Waals surface area contributed by atoms with Crippen LogP contribution in [0.15, 0.2) is 91.0 Å². The molecule has 0 bridgehead atoms. The molecule has 152 valence electrons. The van der Waals surface area contributed by atoms with Crippen LogP contribution in [0.3, 0.4) is 0 Å². The summed E-state index contributed by atoms with van der Waals surface area (Å²) in [7, 11) is 2.39. The van der Waals surface area contributed by atoms with Crippen LogP contribution in [-0.2, 0) is 9.47 Å². The van der Waals surface area contributed by atoms with E-state index in [1.165, 1.54) is 15.9 Å². The van der Waals surface area contributed by atoms with E-state index in [-0.39, 0.29) is 29.9 Å². The van der Waals surface area contributed by atoms with Gasteiger partial charge in [0, 0.05) is 14.2 Å². The fourth-order valence-corrected chi connectivity index (χ4v) is 9.27. The van der Waals surface area contributed by atoms with Gasteiger partial charge in [0.1, 0.15) is 38.6 Å². The number of methoxy groups -OCH3 is 2. The molecule has 0 aliphatic rings. The molecule has 29 heavy (non-hydrogen) atoms. The highest BCUT2D eigenvalue weighted by Gasteiger charge is 2.44. The van der Waals surface area contributed by atoms with Crippen molar-refractivity contribution < 1.29 is 33.5 Å². The van der Waals surface area contributed by atoms with Crippen LogP contribution in [0.2, 0.25) is 6.04 Å². The van der Waals surface area contributed by atoms with Gasteiger partial charge in [-0.25, -0.2) is 0 Å². The van der Waals surface area contributed by atoms with Crippen LogP contribution >= 0.6 is 7.26 Å². The molecule has 0 aliphatic carbocycles. The minimum absolute atomic E-state index is 0. The number of halogens is 1. The zero-order valence-corrected chi connectivity index (χ0v) is 21.1. The first kappa shape index (κ1) is 24.2. The minimum Gasteiger partial charge on any atom is -1.00 e. The number of hydrogen-bond acceptors (Lipinski definition) is 2. The smallest absolute Gasteiger partial charge is 0.136 e. The monoisotopic (exact) mass is 534 g/mol. The third kappa shape index (κ3) is 5.99. The van der Waals surface area contributed by atoms with Crippen LogP contribution in [-0.4, -0.2) is 35.8 Å². The van der Waals surface area contributed by atoms with Crippen molar-refractivity contribution in [1.29, 1.82) is 0 Å². The quantitative estimate of drug-likeness (QED) is 0.128. The van der Waals surface area contributed by atoms with E-state index >= 15 is 0 Å². The molecule has 3 aromatic carbocycles. The van der Waals surface area contributed by atoms with E-state index in [1.807, 2.05) is 0 Å². The number of ether oxygens (including phenoxy) is 2. The van der Waals surface area contributed by atoms with E-state index < -0.39 is 7.26 Å². The van der Waals surface area contributed by atoms with Crippen LogP contribution in [0.25, 0.3) is 0 Å². The Morgan fingerprint density at radius 2 is 1.07 bits per heavy atom. The molecular weight excluding hydrogens is 506 g/mol. The summed E-state index contributed by atoms with van der Waals surface area (Å²) >= 11 is 0. The van der Waals surface area contributed by atoms with Crippen molar-refractivity contribution in [2.45, 2.75) is 18.4 Å². The van der Waals surface area contributed by atoms with Crippen molar-refractivity contribution in [3.63, 3.8) is 0 Å². The van der Waals surface area contributed by atoms with Crippen molar-refractivity contribution in [1.82, 2.24) is 0 Å². The van der Waals surface area contributed by atoms with Crippen LogP contribution in [0.4, 0.5) is 0 Å². The molecule has 3 aromatic rings. The van der Waals surface area contributed by atoms with Crippen molar-refractivity contribution in [3.8, 4) is 0 Å². The molecule has 0 unspecified atom stereocenters. The van der Waals surface area contributed by atoms with Gasteiger partial charge in [-0.1, -0.05) is 60.6 Å². The van der Waals surface area contributed by atoms with E-state index in [9.17, 15) is 0 Å². The van der Waals surface area contributed by atoms with E-state index in [4.69, 9.17) is 9.47 Å². The average Bonchev–Trinajstić information content (AvgIpc) is 2.78. The van der Waals surface area contributed by atoms with Crippen LogP contribution in [0.1, 0.15) is 6.42 Å². The second-order valence-corrected chi connectivity index (χ2v) is 11.6. The molecule has 2 nitrogen and oxygen atoms in total. The number of benzene rings is 3. The van der Waals surface area contributed by atoms with Crippen LogP contribution in [0.5, 0.6) is 0 Å². The molecule has 0 heterocycles. The SMILES string of the molecule is COC(OC)[Si]CCC[P+](c1ccccc1)(c1ccccc1)c1ccccc1.[I-]. The Balaban J connectivity index is 0.00000300. The van der Waals surface area contributed by atoms with Gasteiger partial charge in [0.25, 0.3) is 0 Å². The molecule has 3 rings (SSSR count). The highest BCUT2D eigenvalue weighted by molar-refractivity contribution is 7.95. The van der Waals surface area contributed by atoms with Gasteiger partial charge in [0.15, 0.2) is 0 Å². The molecule has 0 spiro atoms. The van der Waals surface area contributed by atoms with Gasteiger partial charge in [-0.15, -0.1) is 0 Å². The van der Waals surface area contributed by atoms with Crippen molar-refractivity contribution in [2.75, 3.05) is 20.4 Å². The normalized spacial score (nSPS) is 11.3. The molecule has 0 saturated carbocycles. The fraction of sp³-hybridized carbons (Fsp3) is 0.250. The predicted molar refractivity (Wildman–Crippen MR) is 123 cm³/mol. The fourth-order valence-electron chi connectivity index (χ4n) is 3.68. The Bertz CT molecular complexity index is 717. The average molecular weight is 534 g/mol. The Morgan fingerprint density at radius 1 is 0.690 bits per heavy atom. The van der Waals surface area contributed by atoms with E-state index in [0.717, 1.165) is 18.6 Å². The largest absolute Gasteiger partial charge is 1.00 e. The Morgan fingerprint density at radius 3 is 1.41 bits per heavy atom. The Hall–Kier alpha value is -1.04.